The molecule has 0 N–H and O–H groups in total. The van der Waals surface area contributed by atoms with Gasteiger partial charge in [0.25, 0.3) is 0 Å². The lowest BCUT2D eigenvalue weighted by Crippen LogP contribution is -2.37. The number of hydrogen-bond donors (Lipinski definition) is 0. The Kier molecular flexibility index (Phi) is 8.24. The third-order valence-electron chi connectivity index (χ3n) is 3.55. The first-order chi connectivity index (χ1) is 10.2. The SMILES string of the molecule is COc1cc(C(C)=O)ccc1OCCCN1CCOCC1.Cl. The predicted molar refractivity (Wildman–Crippen MR) is 87.6 cm³/mol. The molecule has 1 aliphatic heterocycles. The molecule has 0 amide bonds. The van der Waals surface area contributed by atoms with Crippen LogP contribution in [0.4, 0.5) is 0 Å². The summed E-state index contributed by atoms with van der Waals surface area (Å²) in [6.07, 6.45) is 0.956. The minimum atomic E-state index is 0. The van der Waals surface area contributed by atoms with Crippen molar-refractivity contribution in [2.24, 2.45) is 0 Å². The molecule has 0 atom stereocenters. The largest absolute Gasteiger partial charge is 0.493 e. The summed E-state index contributed by atoms with van der Waals surface area (Å²) in [5, 5.41) is 0. The zero-order chi connectivity index (χ0) is 15.1. The molecule has 2 rings (SSSR count). The van der Waals surface area contributed by atoms with E-state index in [4.69, 9.17) is 14.2 Å². The second-order valence-corrected chi connectivity index (χ2v) is 5.08. The van der Waals surface area contributed by atoms with Crippen molar-refractivity contribution in [1.29, 1.82) is 0 Å². The molecule has 1 aromatic carbocycles. The molecule has 0 radical (unpaired) electrons. The van der Waals surface area contributed by atoms with Crippen LogP contribution in [0.3, 0.4) is 0 Å². The first-order valence-corrected chi connectivity index (χ1v) is 7.32. The van der Waals surface area contributed by atoms with Gasteiger partial charge in [-0.15, -0.1) is 12.4 Å². The van der Waals surface area contributed by atoms with Crippen molar-refractivity contribution >= 4 is 18.2 Å². The number of hydrogen-bond acceptors (Lipinski definition) is 5. The number of carbonyl (C=O) groups excluding carboxylic acids is 1. The van der Waals surface area contributed by atoms with Crippen LogP contribution < -0.4 is 9.47 Å². The van der Waals surface area contributed by atoms with Crippen LogP contribution in [0.15, 0.2) is 18.2 Å². The zero-order valence-corrected chi connectivity index (χ0v) is 14.0. The van der Waals surface area contributed by atoms with Gasteiger partial charge < -0.3 is 14.2 Å². The Morgan fingerprint density at radius 2 is 2.00 bits per heavy atom. The summed E-state index contributed by atoms with van der Waals surface area (Å²) in [4.78, 5) is 13.7. The lowest BCUT2D eigenvalue weighted by atomic mass is 10.1. The zero-order valence-electron chi connectivity index (χ0n) is 13.2. The smallest absolute Gasteiger partial charge is 0.161 e. The van der Waals surface area contributed by atoms with Gasteiger partial charge in [-0.1, -0.05) is 0 Å². The van der Waals surface area contributed by atoms with Crippen molar-refractivity contribution < 1.29 is 19.0 Å². The van der Waals surface area contributed by atoms with E-state index in [1.807, 2.05) is 0 Å². The summed E-state index contributed by atoms with van der Waals surface area (Å²) in [7, 11) is 1.58. The van der Waals surface area contributed by atoms with Crippen molar-refractivity contribution in [3.8, 4) is 11.5 Å². The van der Waals surface area contributed by atoms with Crippen molar-refractivity contribution in [2.45, 2.75) is 13.3 Å². The number of Topliss-reactive ketones (excluding diaryl/α,β-unsaturated/α-hetero) is 1. The molecule has 0 bridgehead atoms. The van der Waals surface area contributed by atoms with E-state index in [1.165, 1.54) is 6.92 Å². The van der Waals surface area contributed by atoms with Gasteiger partial charge in [0.1, 0.15) is 0 Å². The number of benzene rings is 1. The Bertz CT molecular complexity index is 475. The summed E-state index contributed by atoms with van der Waals surface area (Å²) in [6.45, 7) is 6.82. The third kappa shape index (κ3) is 5.48. The van der Waals surface area contributed by atoms with Gasteiger partial charge in [-0.3, -0.25) is 9.69 Å². The van der Waals surface area contributed by atoms with Crippen LogP contribution in [0, 0.1) is 0 Å². The molecular weight excluding hydrogens is 306 g/mol. The van der Waals surface area contributed by atoms with Gasteiger partial charge in [0.05, 0.1) is 26.9 Å². The molecule has 1 aromatic rings. The number of rotatable bonds is 7. The summed E-state index contributed by atoms with van der Waals surface area (Å²) in [5.41, 5.74) is 0.632. The van der Waals surface area contributed by atoms with Crippen molar-refractivity contribution in [2.75, 3.05) is 46.6 Å². The van der Waals surface area contributed by atoms with Gasteiger partial charge >= 0.3 is 0 Å². The van der Waals surface area contributed by atoms with Crippen LogP contribution in [0.5, 0.6) is 11.5 Å². The Balaban J connectivity index is 0.00000242. The first kappa shape index (κ1) is 18.7. The summed E-state index contributed by atoms with van der Waals surface area (Å²) < 4.78 is 16.4. The normalized spacial score (nSPS) is 15.0. The fourth-order valence-corrected chi connectivity index (χ4v) is 2.30. The van der Waals surface area contributed by atoms with Crippen LogP contribution in [-0.2, 0) is 4.74 Å². The molecular formula is C16H24ClNO4. The second-order valence-electron chi connectivity index (χ2n) is 5.08. The van der Waals surface area contributed by atoms with Gasteiger partial charge in [0, 0.05) is 25.2 Å². The molecule has 0 aliphatic carbocycles. The van der Waals surface area contributed by atoms with E-state index in [2.05, 4.69) is 4.90 Å². The van der Waals surface area contributed by atoms with Crippen LogP contribution in [-0.4, -0.2) is 57.2 Å². The predicted octanol–water partition coefficient (Wildman–Crippen LogP) is 2.42. The number of carbonyl (C=O) groups is 1. The molecule has 5 nitrogen and oxygen atoms in total. The topological polar surface area (TPSA) is 48.0 Å². The first-order valence-electron chi connectivity index (χ1n) is 7.32. The molecule has 0 aromatic heterocycles. The fourth-order valence-electron chi connectivity index (χ4n) is 2.30. The van der Waals surface area contributed by atoms with Crippen LogP contribution >= 0.6 is 12.4 Å². The van der Waals surface area contributed by atoms with Crippen molar-refractivity contribution in [1.82, 2.24) is 4.90 Å². The van der Waals surface area contributed by atoms with Crippen LogP contribution in [0.25, 0.3) is 0 Å². The van der Waals surface area contributed by atoms with Gasteiger partial charge in [0.2, 0.25) is 0 Å². The molecule has 6 heteroatoms. The Labute approximate surface area is 137 Å². The van der Waals surface area contributed by atoms with Gasteiger partial charge in [0.15, 0.2) is 17.3 Å². The standard InChI is InChI=1S/C16H23NO4.ClH/c1-13(18)14-4-5-15(16(12-14)19-2)21-9-3-6-17-7-10-20-11-8-17;/h4-5,12H,3,6-11H2,1-2H3;1H. The molecule has 1 fully saturated rings. The number of morpholine rings is 1. The maximum absolute atomic E-state index is 11.3. The van der Waals surface area contributed by atoms with E-state index < -0.39 is 0 Å². The highest BCUT2D eigenvalue weighted by atomic mass is 35.5. The van der Waals surface area contributed by atoms with E-state index in [0.717, 1.165) is 39.3 Å². The molecule has 124 valence electrons. The van der Waals surface area contributed by atoms with E-state index in [-0.39, 0.29) is 18.2 Å². The monoisotopic (exact) mass is 329 g/mol. The van der Waals surface area contributed by atoms with E-state index in [9.17, 15) is 4.79 Å². The average molecular weight is 330 g/mol. The summed E-state index contributed by atoms with van der Waals surface area (Å²) in [5.74, 6) is 1.31. The van der Waals surface area contributed by atoms with E-state index >= 15 is 0 Å². The van der Waals surface area contributed by atoms with E-state index in [1.54, 1.807) is 25.3 Å². The molecule has 0 spiro atoms. The molecule has 0 saturated carbocycles. The minimum Gasteiger partial charge on any atom is -0.493 e. The van der Waals surface area contributed by atoms with Gasteiger partial charge in [-0.2, -0.15) is 0 Å². The van der Waals surface area contributed by atoms with Crippen molar-refractivity contribution in [3.63, 3.8) is 0 Å². The Morgan fingerprint density at radius 1 is 1.27 bits per heavy atom. The average Bonchev–Trinajstić information content (AvgIpc) is 2.52. The Morgan fingerprint density at radius 3 is 2.64 bits per heavy atom. The lowest BCUT2D eigenvalue weighted by Gasteiger charge is -2.26. The highest BCUT2D eigenvalue weighted by Crippen LogP contribution is 2.28. The van der Waals surface area contributed by atoms with Crippen LogP contribution in [0.1, 0.15) is 23.7 Å². The third-order valence-corrected chi connectivity index (χ3v) is 3.55. The molecule has 1 saturated heterocycles. The van der Waals surface area contributed by atoms with Crippen molar-refractivity contribution in [3.05, 3.63) is 23.8 Å². The van der Waals surface area contributed by atoms with Crippen LogP contribution in [0.2, 0.25) is 0 Å². The molecule has 1 aliphatic rings. The quantitative estimate of drug-likeness (QED) is 0.568. The molecule has 22 heavy (non-hydrogen) atoms. The molecule has 1 heterocycles. The lowest BCUT2D eigenvalue weighted by molar-refractivity contribution is 0.0357. The maximum Gasteiger partial charge on any atom is 0.161 e. The molecule has 0 unspecified atom stereocenters. The number of ether oxygens (including phenoxy) is 3. The summed E-state index contributed by atoms with van der Waals surface area (Å²) >= 11 is 0. The number of methoxy groups -OCH3 is 1. The highest BCUT2D eigenvalue weighted by molar-refractivity contribution is 5.94. The Hall–Kier alpha value is -1.30. The van der Waals surface area contributed by atoms with Gasteiger partial charge in [-0.25, -0.2) is 0 Å². The number of halogens is 1. The number of nitrogens with zero attached hydrogens (tertiary/aromatic N) is 1. The van der Waals surface area contributed by atoms with E-state index in [0.29, 0.717) is 23.7 Å². The summed E-state index contributed by atoms with van der Waals surface area (Å²) in [6, 6.07) is 5.28. The van der Waals surface area contributed by atoms with Gasteiger partial charge in [-0.05, 0) is 31.5 Å². The highest BCUT2D eigenvalue weighted by Gasteiger charge is 2.11. The number of ketones is 1. The minimum absolute atomic E-state index is 0. The fraction of sp³-hybridized carbons (Fsp3) is 0.562. The second kappa shape index (κ2) is 9.66. The maximum atomic E-state index is 11.3.